The number of halogens is 2. The highest BCUT2D eigenvalue weighted by atomic mass is 19.1. The van der Waals surface area contributed by atoms with Crippen molar-refractivity contribution in [3.8, 4) is 0 Å². The third-order valence-corrected chi connectivity index (χ3v) is 3.72. The van der Waals surface area contributed by atoms with Crippen LogP contribution < -0.4 is 10.6 Å². The van der Waals surface area contributed by atoms with Crippen molar-refractivity contribution in [1.82, 2.24) is 4.98 Å². The molecule has 1 aromatic heterocycles. The van der Waals surface area contributed by atoms with E-state index in [2.05, 4.69) is 15.6 Å². The molecule has 3 aromatic rings. The van der Waals surface area contributed by atoms with Crippen LogP contribution >= 0.6 is 0 Å². The van der Waals surface area contributed by atoms with Crippen LogP contribution in [0.1, 0.15) is 21.5 Å². The van der Waals surface area contributed by atoms with Gasteiger partial charge in [0.2, 0.25) is 0 Å². The van der Waals surface area contributed by atoms with E-state index < -0.39 is 11.6 Å². The molecule has 2 N–H and O–H groups in total. The number of amides is 1. The van der Waals surface area contributed by atoms with Gasteiger partial charge in [0.15, 0.2) is 0 Å². The molecule has 0 atom stereocenters. The summed E-state index contributed by atoms with van der Waals surface area (Å²) in [5, 5.41) is 5.39. The number of benzene rings is 2. The normalized spacial score (nSPS) is 10.5. The van der Waals surface area contributed by atoms with Gasteiger partial charge in [-0.3, -0.25) is 4.79 Å². The molecule has 0 saturated heterocycles. The van der Waals surface area contributed by atoms with E-state index in [1.54, 1.807) is 0 Å². The molecule has 0 aliphatic heterocycles. The smallest absolute Gasteiger partial charge is 0.255 e. The minimum absolute atomic E-state index is 0.169. The molecule has 0 bridgehead atoms. The quantitative estimate of drug-likeness (QED) is 0.696. The molecule has 1 heterocycles. The molecular weight excluding hydrogens is 336 g/mol. The van der Waals surface area contributed by atoms with E-state index in [9.17, 15) is 13.6 Å². The number of aromatic nitrogens is 1. The van der Waals surface area contributed by atoms with Crippen LogP contribution in [0.2, 0.25) is 0 Å². The Kier molecular flexibility index (Phi) is 4.93. The zero-order chi connectivity index (χ0) is 18.7. The van der Waals surface area contributed by atoms with Gasteiger partial charge in [0, 0.05) is 17.4 Å². The van der Waals surface area contributed by atoms with Crippen LogP contribution in [0.25, 0.3) is 0 Å². The lowest BCUT2D eigenvalue weighted by Gasteiger charge is -2.10. The Labute approximate surface area is 149 Å². The van der Waals surface area contributed by atoms with Gasteiger partial charge < -0.3 is 10.6 Å². The summed E-state index contributed by atoms with van der Waals surface area (Å²) in [5.74, 6) is -1.65. The summed E-state index contributed by atoms with van der Waals surface area (Å²) in [5.41, 5.74) is 2.75. The van der Waals surface area contributed by atoms with Crippen molar-refractivity contribution in [2.75, 3.05) is 10.6 Å². The molecule has 132 valence electrons. The van der Waals surface area contributed by atoms with Crippen LogP contribution in [-0.2, 0) is 0 Å². The second kappa shape index (κ2) is 7.31. The summed E-state index contributed by atoms with van der Waals surface area (Å²) in [4.78, 5) is 16.5. The fourth-order valence-electron chi connectivity index (χ4n) is 2.64. The Bertz CT molecular complexity index is 933. The van der Waals surface area contributed by atoms with Gasteiger partial charge >= 0.3 is 0 Å². The first-order valence-electron chi connectivity index (χ1n) is 7.99. The lowest BCUT2D eigenvalue weighted by Crippen LogP contribution is -2.13. The molecule has 3 rings (SSSR count). The largest absolute Gasteiger partial charge is 0.335 e. The van der Waals surface area contributed by atoms with Gasteiger partial charge in [0.05, 0.1) is 0 Å². The number of nitrogens with one attached hydrogen (secondary N) is 2. The monoisotopic (exact) mass is 353 g/mol. The molecule has 0 aliphatic carbocycles. The van der Waals surface area contributed by atoms with Gasteiger partial charge in [-0.15, -0.1) is 0 Å². The Balaban J connectivity index is 1.81. The number of para-hydroxylation sites is 1. The third-order valence-electron chi connectivity index (χ3n) is 3.72. The maximum atomic E-state index is 13.7. The summed E-state index contributed by atoms with van der Waals surface area (Å²) < 4.78 is 27.5. The molecule has 0 spiro atoms. The van der Waals surface area contributed by atoms with Crippen LogP contribution in [0.5, 0.6) is 0 Å². The Morgan fingerprint density at radius 3 is 2.27 bits per heavy atom. The number of nitrogens with zero attached hydrogens (tertiary/aromatic N) is 1. The van der Waals surface area contributed by atoms with E-state index >= 15 is 0 Å². The number of aryl methyl sites for hydroxylation is 2. The minimum atomic E-state index is -0.739. The lowest BCUT2D eigenvalue weighted by molar-refractivity contribution is 0.102. The van der Waals surface area contributed by atoms with Crippen LogP contribution in [0, 0.1) is 25.5 Å². The van der Waals surface area contributed by atoms with Crippen molar-refractivity contribution in [2.24, 2.45) is 0 Å². The SMILES string of the molecule is Cc1cc(C)cc(NC(=O)c2ccnc(Nc3c(F)cccc3F)c2)c1. The topological polar surface area (TPSA) is 54.0 Å². The summed E-state index contributed by atoms with van der Waals surface area (Å²) in [6.45, 7) is 3.89. The highest BCUT2D eigenvalue weighted by Crippen LogP contribution is 2.23. The lowest BCUT2D eigenvalue weighted by atomic mass is 10.1. The molecule has 0 radical (unpaired) electrons. The number of rotatable bonds is 4. The Hall–Kier alpha value is -3.28. The van der Waals surface area contributed by atoms with Crippen molar-refractivity contribution < 1.29 is 13.6 Å². The van der Waals surface area contributed by atoms with Crippen molar-refractivity contribution >= 4 is 23.1 Å². The highest BCUT2D eigenvalue weighted by Gasteiger charge is 2.12. The van der Waals surface area contributed by atoms with E-state index in [0.29, 0.717) is 11.3 Å². The number of hydrogen-bond donors (Lipinski definition) is 2. The maximum Gasteiger partial charge on any atom is 0.255 e. The highest BCUT2D eigenvalue weighted by molar-refractivity contribution is 6.04. The molecule has 4 nitrogen and oxygen atoms in total. The van der Waals surface area contributed by atoms with Gasteiger partial charge in [0.25, 0.3) is 5.91 Å². The van der Waals surface area contributed by atoms with E-state index in [4.69, 9.17) is 0 Å². The van der Waals surface area contributed by atoms with E-state index in [1.807, 2.05) is 32.0 Å². The van der Waals surface area contributed by atoms with Crippen molar-refractivity contribution in [3.63, 3.8) is 0 Å². The van der Waals surface area contributed by atoms with Crippen LogP contribution in [0.3, 0.4) is 0 Å². The second-order valence-corrected chi connectivity index (χ2v) is 5.98. The molecule has 6 heteroatoms. The second-order valence-electron chi connectivity index (χ2n) is 5.98. The van der Waals surface area contributed by atoms with Gasteiger partial charge in [-0.25, -0.2) is 13.8 Å². The van der Waals surface area contributed by atoms with Crippen molar-refractivity contribution in [2.45, 2.75) is 13.8 Å². The number of hydrogen-bond acceptors (Lipinski definition) is 3. The van der Waals surface area contributed by atoms with Crippen molar-refractivity contribution in [3.05, 3.63) is 83.1 Å². The molecular formula is C20H17F2N3O. The molecule has 0 unspecified atom stereocenters. The summed E-state index contributed by atoms with van der Waals surface area (Å²) >= 11 is 0. The van der Waals surface area contributed by atoms with Crippen LogP contribution in [0.15, 0.2) is 54.7 Å². The fourth-order valence-corrected chi connectivity index (χ4v) is 2.64. The predicted octanol–water partition coefficient (Wildman–Crippen LogP) is 4.97. The molecule has 1 amide bonds. The molecule has 0 aliphatic rings. The fraction of sp³-hybridized carbons (Fsp3) is 0.100. The van der Waals surface area contributed by atoms with Gasteiger partial charge in [-0.2, -0.15) is 0 Å². The summed E-state index contributed by atoms with van der Waals surface area (Å²) in [6, 6.07) is 12.2. The summed E-state index contributed by atoms with van der Waals surface area (Å²) in [6.07, 6.45) is 1.40. The molecule has 0 fully saturated rings. The van der Waals surface area contributed by atoms with E-state index in [-0.39, 0.29) is 17.4 Å². The van der Waals surface area contributed by atoms with Gasteiger partial charge in [-0.1, -0.05) is 12.1 Å². The number of carbonyl (C=O) groups excluding carboxylic acids is 1. The average Bonchev–Trinajstić information content (AvgIpc) is 2.57. The minimum Gasteiger partial charge on any atom is -0.335 e. The number of anilines is 3. The van der Waals surface area contributed by atoms with E-state index in [1.165, 1.54) is 24.4 Å². The third kappa shape index (κ3) is 4.03. The molecule has 2 aromatic carbocycles. The maximum absolute atomic E-state index is 13.7. The zero-order valence-electron chi connectivity index (χ0n) is 14.3. The zero-order valence-corrected chi connectivity index (χ0v) is 14.3. The first-order chi connectivity index (χ1) is 12.4. The average molecular weight is 353 g/mol. The predicted molar refractivity (Wildman–Crippen MR) is 97.7 cm³/mol. The summed E-state index contributed by atoms with van der Waals surface area (Å²) in [7, 11) is 0. The number of carbonyl (C=O) groups is 1. The Morgan fingerprint density at radius 1 is 0.962 bits per heavy atom. The van der Waals surface area contributed by atoms with Crippen LogP contribution in [-0.4, -0.2) is 10.9 Å². The number of pyridine rings is 1. The Morgan fingerprint density at radius 2 is 1.62 bits per heavy atom. The first-order valence-corrected chi connectivity index (χ1v) is 7.99. The molecule has 26 heavy (non-hydrogen) atoms. The van der Waals surface area contributed by atoms with Crippen LogP contribution in [0.4, 0.5) is 26.0 Å². The molecule has 0 saturated carbocycles. The standard InChI is InChI=1S/C20H17F2N3O/c1-12-8-13(2)10-15(9-12)24-20(26)14-6-7-23-18(11-14)25-19-16(21)4-3-5-17(19)22/h3-11H,1-2H3,(H,23,25)(H,24,26). The van der Waals surface area contributed by atoms with Gasteiger partial charge in [0.1, 0.15) is 23.1 Å². The van der Waals surface area contributed by atoms with E-state index in [0.717, 1.165) is 23.3 Å². The van der Waals surface area contributed by atoms with Crippen molar-refractivity contribution in [1.29, 1.82) is 0 Å². The van der Waals surface area contributed by atoms with Gasteiger partial charge in [-0.05, 0) is 61.4 Å². The first kappa shape index (κ1) is 17.5.